The molecule has 1 aliphatic carbocycles. The fourth-order valence-corrected chi connectivity index (χ4v) is 3.83. The molecule has 2 nitrogen and oxygen atoms in total. The lowest BCUT2D eigenvalue weighted by Gasteiger charge is -2.39. The summed E-state index contributed by atoms with van der Waals surface area (Å²) >= 11 is 0. The molecule has 0 radical (unpaired) electrons. The minimum Gasteiger partial charge on any atom is -0.416 e. The Kier molecular flexibility index (Phi) is 4.42. The Bertz CT molecular complexity index is 291. The molecule has 1 fully saturated rings. The van der Waals surface area contributed by atoms with Gasteiger partial charge in [-0.15, -0.1) is 0 Å². The van der Waals surface area contributed by atoms with Gasteiger partial charge in [-0.3, -0.25) is 0 Å². The van der Waals surface area contributed by atoms with Crippen molar-refractivity contribution in [2.24, 2.45) is 17.8 Å². The maximum atomic E-state index is 10.5. The Morgan fingerprint density at radius 2 is 1.78 bits per heavy atom. The van der Waals surface area contributed by atoms with Crippen LogP contribution in [0.1, 0.15) is 48.0 Å². The highest BCUT2D eigenvalue weighted by molar-refractivity contribution is 6.74. The molecule has 0 aromatic carbocycles. The zero-order valence-electron chi connectivity index (χ0n) is 13.5. The van der Waals surface area contributed by atoms with E-state index in [1.165, 1.54) is 0 Å². The van der Waals surface area contributed by atoms with Gasteiger partial charge < -0.3 is 9.53 Å². The predicted molar refractivity (Wildman–Crippen MR) is 80.2 cm³/mol. The Morgan fingerprint density at radius 1 is 1.28 bits per heavy atom. The van der Waals surface area contributed by atoms with Gasteiger partial charge in [0, 0.05) is 12.5 Å². The summed E-state index contributed by atoms with van der Waals surface area (Å²) in [6, 6.07) is 0. The average molecular weight is 273 g/mol. The van der Waals surface area contributed by atoms with Crippen LogP contribution in [0, 0.1) is 17.8 Å². The second-order valence-corrected chi connectivity index (χ2v) is 12.9. The maximum Gasteiger partial charge on any atom is 0.191 e. The van der Waals surface area contributed by atoms with Crippen LogP contribution in [0.4, 0.5) is 0 Å². The molecule has 0 aromatic heterocycles. The summed E-state index contributed by atoms with van der Waals surface area (Å²) in [5.74, 6) is 1.42. The van der Waals surface area contributed by atoms with E-state index in [1.807, 2.05) is 6.92 Å². The molecule has 0 amide bonds. The summed E-state index contributed by atoms with van der Waals surface area (Å²) in [5, 5.41) is 10.8. The van der Waals surface area contributed by atoms with Crippen LogP contribution in [-0.2, 0) is 4.43 Å². The highest BCUT2D eigenvalue weighted by Crippen LogP contribution is 2.45. The van der Waals surface area contributed by atoms with Crippen molar-refractivity contribution in [3.8, 4) is 0 Å². The topological polar surface area (TPSA) is 29.5 Å². The summed E-state index contributed by atoms with van der Waals surface area (Å²) < 4.78 is 6.31. The first-order valence-corrected chi connectivity index (χ1v) is 10.2. The van der Waals surface area contributed by atoms with Crippen molar-refractivity contribution in [3.05, 3.63) is 0 Å². The van der Waals surface area contributed by atoms with Gasteiger partial charge >= 0.3 is 0 Å². The number of aliphatic hydroxyl groups is 1. The highest BCUT2D eigenvalue weighted by atomic mass is 28.4. The minimum absolute atomic E-state index is 0.242. The third-order valence-corrected chi connectivity index (χ3v) is 10.00. The van der Waals surface area contributed by atoms with Crippen LogP contribution < -0.4 is 0 Å². The van der Waals surface area contributed by atoms with Crippen LogP contribution in [0.3, 0.4) is 0 Å². The molecule has 1 saturated carbocycles. The molecule has 0 aliphatic heterocycles. The molecule has 1 N–H and O–H groups in total. The van der Waals surface area contributed by atoms with E-state index in [2.05, 4.69) is 47.7 Å². The molecule has 4 atom stereocenters. The van der Waals surface area contributed by atoms with E-state index in [1.54, 1.807) is 0 Å². The van der Waals surface area contributed by atoms with Gasteiger partial charge in [-0.05, 0) is 43.3 Å². The molecular weight excluding hydrogens is 240 g/mol. The van der Waals surface area contributed by atoms with E-state index >= 15 is 0 Å². The van der Waals surface area contributed by atoms with Crippen LogP contribution in [0.15, 0.2) is 0 Å². The van der Waals surface area contributed by atoms with Gasteiger partial charge in [0.25, 0.3) is 0 Å². The Labute approximate surface area is 114 Å². The van der Waals surface area contributed by atoms with Crippen molar-refractivity contribution in [1.29, 1.82) is 0 Å². The van der Waals surface area contributed by atoms with E-state index in [0.717, 1.165) is 13.0 Å². The van der Waals surface area contributed by atoms with E-state index in [9.17, 15) is 5.11 Å². The van der Waals surface area contributed by atoms with Gasteiger partial charge in [-0.25, -0.2) is 0 Å². The largest absolute Gasteiger partial charge is 0.416 e. The lowest BCUT2D eigenvalue weighted by Crippen LogP contribution is -2.44. The maximum absolute atomic E-state index is 10.5. The first-order chi connectivity index (χ1) is 7.88. The second kappa shape index (κ2) is 4.91. The quantitative estimate of drug-likeness (QED) is 0.785. The molecule has 3 heteroatoms. The molecule has 0 aromatic rings. The van der Waals surface area contributed by atoms with Gasteiger partial charge in [0.05, 0.1) is 5.60 Å². The first kappa shape index (κ1) is 16.2. The predicted octanol–water partition coefficient (Wildman–Crippen LogP) is 4.05. The Hall–Kier alpha value is 0.137. The zero-order valence-corrected chi connectivity index (χ0v) is 14.5. The average Bonchev–Trinajstić information content (AvgIpc) is 2.32. The van der Waals surface area contributed by atoms with Crippen LogP contribution in [0.2, 0.25) is 18.1 Å². The van der Waals surface area contributed by atoms with E-state index < -0.39 is 13.9 Å². The molecular formula is C15H32O2Si. The van der Waals surface area contributed by atoms with Gasteiger partial charge in [0.2, 0.25) is 0 Å². The van der Waals surface area contributed by atoms with Crippen LogP contribution in [0.25, 0.3) is 0 Å². The molecule has 0 spiro atoms. The van der Waals surface area contributed by atoms with Crippen molar-refractivity contribution in [2.45, 2.75) is 71.7 Å². The lowest BCUT2D eigenvalue weighted by molar-refractivity contribution is -0.0100. The SMILES string of the molecule is CC1CC(C)(O)[C@@H](CO[Si](C)(C)C(C)(C)C)[C@@H]1C. The molecule has 0 saturated heterocycles. The zero-order chi connectivity index (χ0) is 14.4. The van der Waals surface area contributed by atoms with E-state index in [0.29, 0.717) is 11.8 Å². The fraction of sp³-hybridized carbons (Fsp3) is 1.00. The highest BCUT2D eigenvalue weighted by Gasteiger charge is 2.47. The summed E-state index contributed by atoms with van der Waals surface area (Å²) in [7, 11) is -1.70. The van der Waals surface area contributed by atoms with Crippen molar-refractivity contribution in [2.75, 3.05) is 6.61 Å². The normalized spacial score (nSPS) is 38.2. The van der Waals surface area contributed by atoms with Gasteiger partial charge in [-0.2, -0.15) is 0 Å². The Morgan fingerprint density at radius 3 is 2.11 bits per heavy atom. The molecule has 0 heterocycles. The number of hydrogen-bond acceptors (Lipinski definition) is 2. The second-order valence-electron chi connectivity index (χ2n) is 8.08. The van der Waals surface area contributed by atoms with Gasteiger partial charge in [-0.1, -0.05) is 34.6 Å². The Balaban J connectivity index is 2.69. The van der Waals surface area contributed by atoms with Crippen LogP contribution in [0.5, 0.6) is 0 Å². The van der Waals surface area contributed by atoms with Gasteiger partial charge in [0.15, 0.2) is 8.32 Å². The minimum atomic E-state index is -1.70. The third kappa shape index (κ3) is 3.17. The summed E-state index contributed by atoms with van der Waals surface area (Å²) in [6.45, 7) is 18.5. The molecule has 1 rings (SSSR count). The van der Waals surface area contributed by atoms with Crippen molar-refractivity contribution >= 4 is 8.32 Å². The molecule has 108 valence electrons. The summed E-state index contributed by atoms with van der Waals surface area (Å²) in [6.07, 6.45) is 0.902. The van der Waals surface area contributed by atoms with Crippen molar-refractivity contribution in [1.82, 2.24) is 0 Å². The van der Waals surface area contributed by atoms with E-state index in [-0.39, 0.29) is 11.0 Å². The van der Waals surface area contributed by atoms with Crippen LogP contribution in [-0.4, -0.2) is 25.6 Å². The summed E-state index contributed by atoms with van der Waals surface area (Å²) in [4.78, 5) is 0. The monoisotopic (exact) mass is 272 g/mol. The first-order valence-electron chi connectivity index (χ1n) is 7.25. The number of rotatable bonds is 3. The number of hydrogen-bond donors (Lipinski definition) is 1. The standard InChI is InChI=1S/C15H32O2Si/c1-11-9-15(6,16)13(12(11)2)10-17-18(7,8)14(3,4)5/h11-13,16H,9-10H2,1-8H3/t11?,12-,13+,15?/m1/s1. The molecule has 1 aliphatic rings. The van der Waals surface area contributed by atoms with Gasteiger partial charge in [0.1, 0.15) is 0 Å². The smallest absolute Gasteiger partial charge is 0.191 e. The van der Waals surface area contributed by atoms with Crippen LogP contribution >= 0.6 is 0 Å². The fourth-order valence-electron chi connectivity index (χ4n) is 2.80. The molecule has 2 unspecified atom stereocenters. The summed E-state index contributed by atoms with van der Waals surface area (Å²) in [5.41, 5.74) is -0.554. The third-order valence-electron chi connectivity index (χ3n) is 5.50. The van der Waals surface area contributed by atoms with Crippen molar-refractivity contribution in [3.63, 3.8) is 0 Å². The van der Waals surface area contributed by atoms with E-state index in [4.69, 9.17) is 4.43 Å². The molecule has 18 heavy (non-hydrogen) atoms. The lowest BCUT2D eigenvalue weighted by atomic mass is 9.88. The van der Waals surface area contributed by atoms with Crippen molar-refractivity contribution < 1.29 is 9.53 Å². The molecule has 0 bridgehead atoms.